The maximum Gasteiger partial charge on any atom is 0.240 e. The van der Waals surface area contributed by atoms with Crippen molar-refractivity contribution in [2.24, 2.45) is 5.73 Å². The Hall–Kier alpha value is -2.76. The van der Waals surface area contributed by atoms with Crippen molar-refractivity contribution in [3.05, 3.63) is 71.3 Å². The van der Waals surface area contributed by atoms with Crippen molar-refractivity contribution in [1.82, 2.24) is 5.32 Å². The van der Waals surface area contributed by atoms with E-state index in [1.165, 1.54) is 6.07 Å². The van der Waals surface area contributed by atoms with Crippen molar-refractivity contribution in [3.8, 4) is 0 Å². The van der Waals surface area contributed by atoms with Crippen molar-refractivity contribution in [1.29, 1.82) is 0 Å². The van der Waals surface area contributed by atoms with Gasteiger partial charge in [0.25, 0.3) is 0 Å². The van der Waals surface area contributed by atoms with Gasteiger partial charge in [-0.2, -0.15) is 0 Å². The first kappa shape index (κ1) is 17.6. The van der Waals surface area contributed by atoms with Gasteiger partial charge in [0.15, 0.2) is 11.6 Å². The zero-order valence-corrected chi connectivity index (χ0v) is 13.0. The van der Waals surface area contributed by atoms with E-state index in [-0.39, 0.29) is 6.42 Å². The first-order valence-electron chi connectivity index (χ1n) is 7.52. The smallest absolute Gasteiger partial charge is 0.240 e. The number of carbonyl (C=O) groups is 2. The summed E-state index contributed by atoms with van der Waals surface area (Å²) in [5.41, 5.74) is 6.67. The summed E-state index contributed by atoms with van der Waals surface area (Å²) in [6.07, 6.45) is 0.787. The van der Waals surface area contributed by atoms with Crippen LogP contribution in [0.3, 0.4) is 0 Å². The molecule has 4 nitrogen and oxygen atoms in total. The minimum atomic E-state index is -1.02. The molecule has 1 atom stereocenters. The SMILES string of the molecule is NC(=O)[C@H](CCc1ccccc1)NC(=O)Cc1ccc(F)c(F)c1. The molecule has 0 aromatic heterocycles. The molecular weight excluding hydrogens is 314 g/mol. The van der Waals surface area contributed by atoms with Gasteiger partial charge in [0.05, 0.1) is 6.42 Å². The van der Waals surface area contributed by atoms with Crippen LogP contribution in [0.15, 0.2) is 48.5 Å². The van der Waals surface area contributed by atoms with Crippen molar-refractivity contribution >= 4 is 11.8 Å². The summed E-state index contributed by atoms with van der Waals surface area (Å²) in [5, 5.41) is 2.54. The molecule has 0 aliphatic carbocycles. The molecule has 0 aliphatic heterocycles. The van der Waals surface area contributed by atoms with Crippen molar-refractivity contribution in [2.75, 3.05) is 0 Å². The summed E-state index contributed by atoms with van der Waals surface area (Å²) in [4.78, 5) is 23.5. The summed E-state index contributed by atoms with van der Waals surface area (Å²) in [7, 11) is 0. The highest BCUT2D eigenvalue weighted by Gasteiger charge is 2.18. The lowest BCUT2D eigenvalue weighted by atomic mass is 10.0. The third kappa shape index (κ3) is 5.15. The number of benzene rings is 2. The number of aryl methyl sites for hydroxylation is 1. The van der Waals surface area contributed by atoms with Crippen LogP contribution in [0.2, 0.25) is 0 Å². The van der Waals surface area contributed by atoms with Crippen LogP contribution >= 0.6 is 0 Å². The second kappa shape index (κ2) is 8.19. The zero-order chi connectivity index (χ0) is 17.5. The average Bonchev–Trinajstić information content (AvgIpc) is 2.55. The highest BCUT2D eigenvalue weighted by atomic mass is 19.2. The van der Waals surface area contributed by atoms with Crippen LogP contribution in [0.1, 0.15) is 17.5 Å². The molecule has 6 heteroatoms. The third-order valence-electron chi connectivity index (χ3n) is 3.59. The van der Waals surface area contributed by atoms with Crippen LogP contribution < -0.4 is 11.1 Å². The van der Waals surface area contributed by atoms with Crippen LogP contribution in [-0.2, 0) is 22.4 Å². The van der Waals surface area contributed by atoms with Gasteiger partial charge in [-0.1, -0.05) is 36.4 Å². The van der Waals surface area contributed by atoms with Crippen molar-refractivity contribution < 1.29 is 18.4 Å². The van der Waals surface area contributed by atoms with Gasteiger partial charge in [0, 0.05) is 0 Å². The van der Waals surface area contributed by atoms with E-state index in [4.69, 9.17) is 5.73 Å². The minimum absolute atomic E-state index is 0.160. The molecule has 3 N–H and O–H groups in total. The molecule has 126 valence electrons. The number of rotatable bonds is 7. The van der Waals surface area contributed by atoms with Crippen LogP contribution in [0.5, 0.6) is 0 Å². The minimum Gasteiger partial charge on any atom is -0.368 e. The molecular formula is C18H18F2N2O2. The van der Waals surface area contributed by atoms with Crippen LogP contribution in [-0.4, -0.2) is 17.9 Å². The maximum atomic E-state index is 13.1. The number of carbonyl (C=O) groups excluding carboxylic acids is 2. The highest BCUT2D eigenvalue weighted by molar-refractivity contribution is 5.87. The van der Waals surface area contributed by atoms with Gasteiger partial charge >= 0.3 is 0 Å². The van der Waals surface area contributed by atoms with Gasteiger partial charge in [0.2, 0.25) is 11.8 Å². The quantitative estimate of drug-likeness (QED) is 0.815. The molecule has 0 fully saturated rings. The molecule has 2 aromatic rings. The van der Waals surface area contributed by atoms with E-state index >= 15 is 0 Å². The predicted molar refractivity (Wildman–Crippen MR) is 86.0 cm³/mol. The van der Waals surface area contributed by atoms with E-state index in [0.717, 1.165) is 17.7 Å². The molecule has 0 saturated carbocycles. The molecule has 0 unspecified atom stereocenters. The van der Waals surface area contributed by atoms with E-state index in [1.807, 2.05) is 30.3 Å². The Kier molecular flexibility index (Phi) is 6.01. The Morgan fingerprint density at radius 2 is 1.71 bits per heavy atom. The van der Waals surface area contributed by atoms with Crippen LogP contribution in [0.4, 0.5) is 8.78 Å². The average molecular weight is 332 g/mol. The molecule has 0 heterocycles. The lowest BCUT2D eigenvalue weighted by Gasteiger charge is -2.15. The summed E-state index contributed by atoms with van der Waals surface area (Å²) < 4.78 is 26.0. The third-order valence-corrected chi connectivity index (χ3v) is 3.59. The number of amides is 2. The van der Waals surface area contributed by atoms with Gasteiger partial charge < -0.3 is 11.1 Å². The predicted octanol–water partition coefficient (Wildman–Crippen LogP) is 2.11. The molecule has 24 heavy (non-hydrogen) atoms. The van der Waals surface area contributed by atoms with Gasteiger partial charge in [-0.3, -0.25) is 9.59 Å². The summed E-state index contributed by atoms with van der Waals surface area (Å²) in [5.74, 6) is -3.10. The number of nitrogens with one attached hydrogen (secondary N) is 1. The first-order chi connectivity index (χ1) is 11.5. The van der Waals surface area contributed by atoms with Crippen LogP contribution in [0.25, 0.3) is 0 Å². The van der Waals surface area contributed by atoms with Gasteiger partial charge in [-0.15, -0.1) is 0 Å². The largest absolute Gasteiger partial charge is 0.368 e. The zero-order valence-electron chi connectivity index (χ0n) is 13.0. The van der Waals surface area contributed by atoms with E-state index in [0.29, 0.717) is 18.4 Å². The molecule has 2 aromatic carbocycles. The second-order valence-corrected chi connectivity index (χ2v) is 5.47. The first-order valence-corrected chi connectivity index (χ1v) is 7.52. The molecule has 0 spiro atoms. The Balaban J connectivity index is 1.92. The highest BCUT2D eigenvalue weighted by Crippen LogP contribution is 2.10. The normalized spacial score (nSPS) is 11.8. The fraction of sp³-hybridized carbons (Fsp3) is 0.222. The molecule has 0 aliphatic rings. The standard InChI is InChI=1S/C18H18F2N2O2/c19-14-8-6-13(10-15(14)20)11-17(23)22-16(18(21)24)9-7-12-4-2-1-3-5-12/h1-6,8,10,16H,7,9,11H2,(H2,21,24)(H,22,23)/t16-/m0/s1. The monoisotopic (exact) mass is 332 g/mol. The Morgan fingerprint density at radius 1 is 1.00 bits per heavy atom. The number of hydrogen-bond acceptors (Lipinski definition) is 2. The Labute approximate surface area is 138 Å². The fourth-order valence-electron chi connectivity index (χ4n) is 2.32. The number of nitrogens with two attached hydrogens (primary N) is 1. The Bertz CT molecular complexity index is 720. The van der Waals surface area contributed by atoms with Crippen molar-refractivity contribution in [3.63, 3.8) is 0 Å². The van der Waals surface area contributed by atoms with E-state index in [9.17, 15) is 18.4 Å². The van der Waals surface area contributed by atoms with Crippen molar-refractivity contribution in [2.45, 2.75) is 25.3 Å². The van der Waals surface area contributed by atoms with E-state index in [2.05, 4.69) is 5.32 Å². The number of primary amides is 1. The lowest BCUT2D eigenvalue weighted by molar-refractivity contribution is -0.127. The van der Waals surface area contributed by atoms with Gasteiger partial charge in [-0.25, -0.2) is 8.78 Å². The van der Waals surface area contributed by atoms with E-state index < -0.39 is 29.5 Å². The second-order valence-electron chi connectivity index (χ2n) is 5.47. The molecule has 2 rings (SSSR count). The fourth-order valence-corrected chi connectivity index (χ4v) is 2.32. The molecule has 0 radical (unpaired) electrons. The Morgan fingerprint density at radius 3 is 2.33 bits per heavy atom. The summed E-state index contributed by atoms with van der Waals surface area (Å²) in [6, 6.07) is 11.9. The summed E-state index contributed by atoms with van der Waals surface area (Å²) >= 11 is 0. The molecule has 0 saturated heterocycles. The number of halogens is 2. The number of hydrogen-bond donors (Lipinski definition) is 2. The van der Waals surface area contributed by atoms with Gasteiger partial charge in [0.1, 0.15) is 6.04 Å². The topological polar surface area (TPSA) is 72.2 Å². The van der Waals surface area contributed by atoms with Gasteiger partial charge in [-0.05, 0) is 36.1 Å². The summed E-state index contributed by atoms with van der Waals surface area (Å²) in [6.45, 7) is 0. The maximum absolute atomic E-state index is 13.1. The molecule has 0 bridgehead atoms. The lowest BCUT2D eigenvalue weighted by Crippen LogP contribution is -2.45. The van der Waals surface area contributed by atoms with Crippen LogP contribution in [0, 0.1) is 11.6 Å². The molecule has 2 amide bonds. The van der Waals surface area contributed by atoms with E-state index in [1.54, 1.807) is 0 Å².